The summed E-state index contributed by atoms with van der Waals surface area (Å²) in [5.74, 6) is 1.15. The van der Waals surface area contributed by atoms with Crippen LogP contribution >= 0.6 is 0 Å². The maximum absolute atomic E-state index is 13.8. The van der Waals surface area contributed by atoms with E-state index in [2.05, 4.69) is 25.6 Å². The van der Waals surface area contributed by atoms with Crippen molar-refractivity contribution >= 4 is 34.1 Å². The van der Waals surface area contributed by atoms with Crippen LogP contribution in [0.25, 0.3) is 33.5 Å². The van der Waals surface area contributed by atoms with E-state index in [0.29, 0.717) is 78.2 Å². The molecule has 2 N–H and O–H groups in total. The van der Waals surface area contributed by atoms with Gasteiger partial charge in [-0.05, 0) is 56.8 Å². The van der Waals surface area contributed by atoms with E-state index in [-0.39, 0.29) is 23.5 Å². The van der Waals surface area contributed by atoms with Gasteiger partial charge in [-0.2, -0.15) is 10.2 Å². The number of nitrogens with zero attached hydrogens (tertiary/aromatic N) is 7. The Bertz CT molecular complexity index is 2050. The van der Waals surface area contributed by atoms with E-state index in [1.165, 1.54) is 0 Å². The molecule has 0 radical (unpaired) electrons. The molecule has 0 unspecified atom stereocenters. The van der Waals surface area contributed by atoms with Gasteiger partial charge in [0.15, 0.2) is 11.3 Å². The number of aromatic nitrogens is 6. The molecule has 3 aliphatic heterocycles. The van der Waals surface area contributed by atoms with Crippen LogP contribution in [-0.2, 0) is 14.3 Å². The third kappa shape index (κ3) is 6.78. The van der Waals surface area contributed by atoms with Crippen LogP contribution in [0.15, 0.2) is 49.1 Å². The lowest BCUT2D eigenvalue weighted by molar-refractivity contribution is -0.152. The Hall–Kier alpha value is -5.28. The highest BCUT2D eigenvalue weighted by atomic mass is 16.5. The molecule has 0 saturated carbocycles. The highest BCUT2D eigenvalue weighted by Crippen LogP contribution is 2.38. The van der Waals surface area contributed by atoms with Crippen LogP contribution in [0.2, 0.25) is 0 Å². The number of hydrogen-bond donors (Lipinski definition) is 2. The minimum atomic E-state index is -0.313. The third-order valence-electron chi connectivity index (χ3n) is 9.96. The topological polar surface area (TPSA) is 159 Å². The Morgan fingerprint density at radius 2 is 1.92 bits per heavy atom. The van der Waals surface area contributed by atoms with E-state index in [1.54, 1.807) is 34.9 Å². The first-order valence-electron chi connectivity index (χ1n) is 17.6. The van der Waals surface area contributed by atoms with Gasteiger partial charge in [0.05, 0.1) is 53.7 Å². The van der Waals surface area contributed by atoms with Crippen molar-refractivity contribution in [3.05, 3.63) is 54.7 Å². The summed E-state index contributed by atoms with van der Waals surface area (Å²) in [6.07, 6.45) is 10.3. The van der Waals surface area contributed by atoms with Crippen molar-refractivity contribution in [2.75, 3.05) is 71.6 Å². The Labute approximate surface area is 294 Å². The highest BCUT2D eigenvalue weighted by Gasteiger charge is 2.28. The number of rotatable bonds is 10. The lowest BCUT2D eigenvalue weighted by atomic mass is 9.96. The van der Waals surface area contributed by atoms with Crippen LogP contribution in [0.1, 0.15) is 36.2 Å². The quantitative estimate of drug-likeness (QED) is 0.206. The molecule has 1 amide bonds. The second kappa shape index (κ2) is 14.5. The highest BCUT2D eigenvalue weighted by molar-refractivity contribution is 6.05. The first kappa shape index (κ1) is 32.9. The van der Waals surface area contributed by atoms with Gasteiger partial charge in [-0.15, -0.1) is 0 Å². The predicted molar refractivity (Wildman–Crippen MR) is 187 cm³/mol. The second-order valence-electron chi connectivity index (χ2n) is 13.1. The molecule has 15 heteroatoms. The number of hydrogen-bond acceptors (Lipinski definition) is 12. The van der Waals surface area contributed by atoms with Crippen molar-refractivity contribution in [3.63, 3.8) is 0 Å². The Balaban J connectivity index is 0.992. The van der Waals surface area contributed by atoms with Gasteiger partial charge in [-0.3, -0.25) is 14.6 Å². The summed E-state index contributed by atoms with van der Waals surface area (Å²) in [6, 6.07) is 7.45. The van der Waals surface area contributed by atoms with E-state index >= 15 is 0 Å². The van der Waals surface area contributed by atoms with E-state index in [9.17, 15) is 9.59 Å². The predicted octanol–water partition coefficient (Wildman–Crippen LogP) is 3.35. The molecule has 0 aliphatic carbocycles. The summed E-state index contributed by atoms with van der Waals surface area (Å²) in [5.41, 5.74) is 4.39. The fraction of sp³-hybridized carbons (Fsp3) is 0.444. The SMILES string of the molecule is COc1cc2c(cc1-n1nc(C(=O)NCCN3CCC(C(=O)OCC4CCOCC4)CC3)c3cnc(-c4cnn5cccnc45)cc31)OCCN2. The van der Waals surface area contributed by atoms with Gasteiger partial charge in [-0.1, -0.05) is 0 Å². The molecular weight excluding hydrogens is 654 g/mol. The smallest absolute Gasteiger partial charge is 0.309 e. The molecule has 266 valence electrons. The first-order valence-corrected chi connectivity index (χ1v) is 17.6. The van der Waals surface area contributed by atoms with Gasteiger partial charge in [-0.25, -0.2) is 14.2 Å². The van der Waals surface area contributed by atoms with Gasteiger partial charge in [0.25, 0.3) is 5.91 Å². The van der Waals surface area contributed by atoms with Crippen LogP contribution < -0.4 is 20.1 Å². The number of pyridine rings is 1. The minimum Gasteiger partial charge on any atom is -0.494 e. The van der Waals surface area contributed by atoms with Crippen molar-refractivity contribution < 1.29 is 28.5 Å². The number of carbonyl (C=O) groups excluding carboxylic acids is 2. The molecule has 8 rings (SSSR count). The van der Waals surface area contributed by atoms with Crippen LogP contribution in [0, 0.1) is 11.8 Å². The summed E-state index contributed by atoms with van der Waals surface area (Å²) < 4.78 is 26.2. The fourth-order valence-corrected chi connectivity index (χ4v) is 7.03. The molecule has 1 aromatic carbocycles. The first-order chi connectivity index (χ1) is 25.1. The van der Waals surface area contributed by atoms with E-state index < -0.39 is 0 Å². The molecule has 51 heavy (non-hydrogen) atoms. The maximum atomic E-state index is 13.8. The Kier molecular flexibility index (Phi) is 9.37. The van der Waals surface area contributed by atoms with Gasteiger partial charge in [0, 0.05) is 63.6 Å². The Morgan fingerprint density at radius 3 is 2.76 bits per heavy atom. The zero-order valence-electron chi connectivity index (χ0n) is 28.5. The van der Waals surface area contributed by atoms with E-state index in [0.717, 1.165) is 63.2 Å². The van der Waals surface area contributed by atoms with Gasteiger partial charge in [0.1, 0.15) is 23.8 Å². The second-order valence-corrected chi connectivity index (χ2v) is 13.1. The molecule has 15 nitrogen and oxygen atoms in total. The summed E-state index contributed by atoms with van der Waals surface area (Å²) in [5, 5.41) is 16.3. The molecule has 3 aliphatic rings. The normalized spacial score (nSPS) is 17.1. The summed E-state index contributed by atoms with van der Waals surface area (Å²) in [7, 11) is 1.60. The molecule has 5 aromatic rings. The number of carbonyl (C=O) groups is 2. The molecule has 2 saturated heterocycles. The summed E-state index contributed by atoms with van der Waals surface area (Å²) >= 11 is 0. The number of fused-ring (bicyclic) bond motifs is 3. The number of methoxy groups -OCH3 is 1. The minimum absolute atomic E-state index is 0.0818. The zero-order chi connectivity index (χ0) is 34.7. The number of esters is 1. The molecule has 7 heterocycles. The number of nitrogens with one attached hydrogen (secondary N) is 2. The van der Waals surface area contributed by atoms with Crippen molar-refractivity contribution in [2.24, 2.45) is 11.8 Å². The van der Waals surface area contributed by atoms with Crippen LogP contribution in [0.5, 0.6) is 11.5 Å². The van der Waals surface area contributed by atoms with E-state index in [1.807, 2.05) is 30.5 Å². The standard InChI is InChI=1S/C36H41N9O6/c1-48-32-18-28-31(50-16-9-37-28)19-30(32)45-29-17-27(25-21-41-44-10-2-7-38-34(25)44)40-20-26(29)33(42-45)35(46)39-8-13-43-11-3-24(4-12-43)36(47)51-22-23-5-14-49-15-6-23/h2,7,10,17-21,23-24,37H,3-6,8-9,11-16,22H2,1H3,(H,39,46). The zero-order valence-corrected chi connectivity index (χ0v) is 28.5. The Morgan fingerprint density at radius 1 is 1.06 bits per heavy atom. The number of likely N-dealkylation sites (tertiary alicyclic amines) is 1. The van der Waals surface area contributed by atoms with Gasteiger partial charge in [0.2, 0.25) is 0 Å². The number of anilines is 1. The third-order valence-corrected chi connectivity index (χ3v) is 9.96. The van der Waals surface area contributed by atoms with Crippen LogP contribution in [-0.4, -0.2) is 112 Å². The molecule has 4 aromatic heterocycles. The largest absolute Gasteiger partial charge is 0.494 e. The molecule has 2 fully saturated rings. The van der Waals surface area contributed by atoms with Crippen molar-refractivity contribution in [3.8, 4) is 28.4 Å². The van der Waals surface area contributed by atoms with Crippen molar-refractivity contribution in [1.82, 2.24) is 39.6 Å². The molecular formula is C36H41N9O6. The average molecular weight is 696 g/mol. The maximum Gasteiger partial charge on any atom is 0.309 e. The average Bonchev–Trinajstić information content (AvgIpc) is 3.79. The number of ether oxygens (including phenoxy) is 4. The van der Waals surface area contributed by atoms with Crippen LogP contribution in [0.4, 0.5) is 5.69 Å². The van der Waals surface area contributed by atoms with Gasteiger partial charge < -0.3 is 34.5 Å². The molecule has 0 bridgehead atoms. The number of benzene rings is 1. The number of amides is 1. The van der Waals surface area contributed by atoms with Gasteiger partial charge >= 0.3 is 5.97 Å². The fourth-order valence-electron chi connectivity index (χ4n) is 7.03. The monoisotopic (exact) mass is 695 g/mol. The summed E-state index contributed by atoms with van der Waals surface area (Å²) in [6.45, 7) is 5.80. The van der Waals surface area contributed by atoms with E-state index in [4.69, 9.17) is 29.0 Å². The molecule has 0 spiro atoms. The lowest BCUT2D eigenvalue weighted by Gasteiger charge is -2.31. The van der Waals surface area contributed by atoms with Crippen LogP contribution in [0.3, 0.4) is 0 Å². The molecule has 0 atom stereocenters. The van der Waals surface area contributed by atoms with Crippen molar-refractivity contribution in [2.45, 2.75) is 25.7 Å². The van der Waals surface area contributed by atoms with Crippen molar-refractivity contribution in [1.29, 1.82) is 0 Å². The lowest BCUT2D eigenvalue weighted by Crippen LogP contribution is -2.41. The summed E-state index contributed by atoms with van der Waals surface area (Å²) in [4.78, 5) is 38.0. The number of piperidine rings is 1.